The molecule has 28 heavy (non-hydrogen) atoms. The van der Waals surface area contributed by atoms with Gasteiger partial charge in [-0.3, -0.25) is 0 Å². The van der Waals surface area contributed by atoms with Crippen molar-refractivity contribution < 1.29 is 9.47 Å². The van der Waals surface area contributed by atoms with E-state index in [-0.39, 0.29) is 6.29 Å². The predicted molar refractivity (Wildman–Crippen MR) is 116 cm³/mol. The number of rotatable bonds is 7. The standard InChI is InChI=1S/C26H42O2/c1-5-27-24(28-6-2)15-12-20-11-14-22-21-13-10-19-9-7-8-17-25(19,3)23(21)16-18-26(20,22)4/h7,9-10,20-24H,5-6,8,11-18H2,1-4H3/t20-,21+,22+,23+,25+,26-/m1/s1. The molecule has 0 N–H and O–H groups in total. The zero-order valence-electron chi connectivity index (χ0n) is 18.7. The first-order valence-electron chi connectivity index (χ1n) is 12.1. The highest BCUT2D eigenvalue weighted by molar-refractivity contribution is 5.34. The fraction of sp³-hybridized carbons (Fsp3) is 0.846. The third-order valence-electron chi connectivity index (χ3n) is 9.30. The zero-order valence-corrected chi connectivity index (χ0v) is 18.7. The van der Waals surface area contributed by atoms with Crippen LogP contribution in [0.3, 0.4) is 0 Å². The molecule has 0 heterocycles. The van der Waals surface area contributed by atoms with Gasteiger partial charge in [0.05, 0.1) is 0 Å². The molecule has 4 rings (SSSR count). The van der Waals surface area contributed by atoms with E-state index < -0.39 is 0 Å². The smallest absolute Gasteiger partial charge is 0.157 e. The van der Waals surface area contributed by atoms with E-state index in [0.29, 0.717) is 10.8 Å². The molecule has 0 aromatic rings. The fourth-order valence-electron chi connectivity index (χ4n) is 7.81. The van der Waals surface area contributed by atoms with Crippen LogP contribution in [0.15, 0.2) is 23.8 Å². The fourth-order valence-corrected chi connectivity index (χ4v) is 7.81. The van der Waals surface area contributed by atoms with Crippen molar-refractivity contribution in [3.63, 3.8) is 0 Å². The van der Waals surface area contributed by atoms with Gasteiger partial charge in [0.2, 0.25) is 0 Å². The summed E-state index contributed by atoms with van der Waals surface area (Å²) >= 11 is 0. The van der Waals surface area contributed by atoms with Crippen LogP contribution in [0.1, 0.15) is 85.5 Å². The van der Waals surface area contributed by atoms with Gasteiger partial charge in [0.1, 0.15) is 0 Å². The van der Waals surface area contributed by atoms with E-state index in [1.54, 1.807) is 5.57 Å². The van der Waals surface area contributed by atoms with E-state index in [0.717, 1.165) is 43.3 Å². The highest BCUT2D eigenvalue weighted by Crippen LogP contribution is 2.66. The Balaban J connectivity index is 1.46. The minimum atomic E-state index is 0.00194. The minimum absolute atomic E-state index is 0.00194. The minimum Gasteiger partial charge on any atom is -0.353 e. The molecule has 0 spiro atoms. The molecule has 0 unspecified atom stereocenters. The van der Waals surface area contributed by atoms with Crippen LogP contribution < -0.4 is 0 Å². The number of ether oxygens (including phenoxy) is 2. The highest BCUT2D eigenvalue weighted by atomic mass is 16.7. The summed E-state index contributed by atoms with van der Waals surface area (Å²) < 4.78 is 11.7. The molecule has 0 aliphatic heterocycles. The van der Waals surface area contributed by atoms with Gasteiger partial charge >= 0.3 is 0 Å². The van der Waals surface area contributed by atoms with E-state index in [1.807, 2.05) is 0 Å². The molecule has 2 saturated carbocycles. The molecule has 0 aromatic heterocycles. The molecule has 6 atom stereocenters. The van der Waals surface area contributed by atoms with E-state index in [4.69, 9.17) is 9.47 Å². The SMILES string of the molecule is CCOC(CC[C@H]1CC[C@H]2[C@@H]3CC=C4C=CCC[C@]4(C)[C@H]3CC[C@]12C)OCC. The van der Waals surface area contributed by atoms with E-state index in [9.17, 15) is 0 Å². The van der Waals surface area contributed by atoms with Gasteiger partial charge in [0.15, 0.2) is 6.29 Å². The molecule has 4 aliphatic rings. The maximum atomic E-state index is 5.83. The van der Waals surface area contributed by atoms with Gasteiger partial charge in [-0.2, -0.15) is 0 Å². The third kappa shape index (κ3) is 3.43. The first kappa shape index (κ1) is 20.7. The van der Waals surface area contributed by atoms with Gasteiger partial charge in [-0.15, -0.1) is 0 Å². The lowest BCUT2D eigenvalue weighted by molar-refractivity contribution is -0.143. The molecule has 0 saturated heterocycles. The third-order valence-corrected chi connectivity index (χ3v) is 9.30. The van der Waals surface area contributed by atoms with Crippen molar-refractivity contribution in [2.75, 3.05) is 13.2 Å². The number of hydrogen-bond donors (Lipinski definition) is 0. The van der Waals surface area contributed by atoms with E-state index >= 15 is 0 Å². The highest BCUT2D eigenvalue weighted by Gasteiger charge is 2.57. The second-order valence-electron chi connectivity index (χ2n) is 10.4. The topological polar surface area (TPSA) is 18.5 Å². The van der Waals surface area contributed by atoms with Gasteiger partial charge < -0.3 is 9.47 Å². The van der Waals surface area contributed by atoms with Crippen LogP contribution in [0, 0.1) is 34.5 Å². The summed E-state index contributed by atoms with van der Waals surface area (Å²) in [6, 6.07) is 0. The Hall–Kier alpha value is -0.600. The van der Waals surface area contributed by atoms with Crippen LogP contribution in [0.4, 0.5) is 0 Å². The Morgan fingerprint density at radius 1 is 1.04 bits per heavy atom. The molecule has 158 valence electrons. The maximum Gasteiger partial charge on any atom is 0.157 e. The summed E-state index contributed by atoms with van der Waals surface area (Å²) in [5.74, 6) is 3.60. The van der Waals surface area contributed by atoms with Crippen molar-refractivity contribution in [2.24, 2.45) is 34.5 Å². The second-order valence-corrected chi connectivity index (χ2v) is 10.4. The largest absolute Gasteiger partial charge is 0.353 e. The van der Waals surface area contributed by atoms with E-state index in [2.05, 4.69) is 45.9 Å². The van der Waals surface area contributed by atoms with Gasteiger partial charge in [-0.1, -0.05) is 32.1 Å². The second kappa shape index (κ2) is 8.26. The molecule has 0 aromatic carbocycles. The quantitative estimate of drug-likeness (QED) is 0.443. The summed E-state index contributed by atoms with van der Waals surface area (Å²) in [7, 11) is 0. The predicted octanol–water partition coefficient (Wildman–Crippen LogP) is 6.91. The van der Waals surface area contributed by atoms with Crippen LogP contribution >= 0.6 is 0 Å². The summed E-state index contributed by atoms with van der Waals surface area (Å²) in [5.41, 5.74) is 2.65. The molecule has 0 radical (unpaired) electrons. The molecule has 0 amide bonds. The average Bonchev–Trinajstić information content (AvgIpc) is 3.02. The number of allylic oxidation sites excluding steroid dienone is 4. The van der Waals surface area contributed by atoms with E-state index in [1.165, 1.54) is 51.4 Å². The summed E-state index contributed by atoms with van der Waals surface area (Å²) in [5, 5.41) is 0. The molecular formula is C26H42O2. The summed E-state index contributed by atoms with van der Waals surface area (Å²) in [6.07, 6.45) is 19.5. The van der Waals surface area contributed by atoms with Crippen molar-refractivity contribution in [1.29, 1.82) is 0 Å². The Labute approximate surface area is 173 Å². The molecule has 2 nitrogen and oxygen atoms in total. The van der Waals surface area contributed by atoms with Crippen molar-refractivity contribution in [3.8, 4) is 0 Å². The number of fused-ring (bicyclic) bond motifs is 5. The molecular weight excluding hydrogens is 344 g/mol. The molecule has 2 fully saturated rings. The van der Waals surface area contributed by atoms with Gasteiger partial charge in [0.25, 0.3) is 0 Å². The van der Waals surface area contributed by atoms with Gasteiger partial charge in [-0.25, -0.2) is 0 Å². The van der Waals surface area contributed by atoms with Crippen molar-refractivity contribution in [2.45, 2.75) is 91.8 Å². The average molecular weight is 387 g/mol. The van der Waals surface area contributed by atoms with Crippen LogP contribution in [0.2, 0.25) is 0 Å². The van der Waals surface area contributed by atoms with Gasteiger partial charge in [0, 0.05) is 13.2 Å². The Kier molecular flexibility index (Phi) is 6.10. The first-order chi connectivity index (χ1) is 13.5. The Morgan fingerprint density at radius 2 is 1.82 bits per heavy atom. The maximum absolute atomic E-state index is 5.83. The Morgan fingerprint density at radius 3 is 2.57 bits per heavy atom. The van der Waals surface area contributed by atoms with Crippen LogP contribution in [0.5, 0.6) is 0 Å². The Bertz CT molecular complexity index is 602. The van der Waals surface area contributed by atoms with Crippen molar-refractivity contribution in [1.82, 2.24) is 0 Å². The lowest BCUT2D eigenvalue weighted by Crippen LogP contribution is -2.49. The monoisotopic (exact) mass is 386 g/mol. The number of hydrogen-bond acceptors (Lipinski definition) is 2. The van der Waals surface area contributed by atoms with Crippen LogP contribution in [0.25, 0.3) is 0 Å². The summed E-state index contributed by atoms with van der Waals surface area (Å²) in [6.45, 7) is 10.9. The molecule has 4 aliphatic carbocycles. The summed E-state index contributed by atoms with van der Waals surface area (Å²) in [4.78, 5) is 0. The van der Waals surface area contributed by atoms with Crippen LogP contribution in [-0.4, -0.2) is 19.5 Å². The van der Waals surface area contributed by atoms with Crippen molar-refractivity contribution >= 4 is 0 Å². The zero-order chi connectivity index (χ0) is 19.8. The first-order valence-corrected chi connectivity index (χ1v) is 12.1. The molecule has 2 heteroatoms. The normalized spacial score (nSPS) is 42.1. The molecule has 0 bridgehead atoms. The van der Waals surface area contributed by atoms with Gasteiger partial charge in [-0.05, 0) is 112 Å². The lowest BCUT2D eigenvalue weighted by atomic mass is 9.48. The lowest BCUT2D eigenvalue weighted by Gasteiger charge is -2.57. The van der Waals surface area contributed by atoms with Crippen molar-refractivity contribution in [3.05, 3.63) is 23.8 Å². The van der Waals surface area contributed by atoms with Crippen LogP contribution in [-0.2, 0) is 9.47 Å².